The van der Waals surface area contributed by atoms with Crippen molar-refractivity contribution in [3.63, 3.8) is 0 Å². The first-order valence-corrected chi connectivity index (χ1v) is 10.2. The number of benzene rings is 2. The van der Waals surface area contributed by atoms with E-state index in [-0.39, 0.29) is 29.6 Å². The topological polar surface area (TPSA) is 102 Å². The summed E-state index contributed by atoms with van der Waals surface area (Å²) in [5, 5.41) is 2.84. The van der Waals surface area contributed by atoms with Gasteiger partial charge in [0.2, 0.25) is 15.9 Å². The Balaban J connectivity index is 0.00000280. The third kappa shape index (κ3) is 5.68. The number of anilines is 1. The lowest BCUT2D eigenvalue weighted by molar-refractivity contribution is -0.120. The molecule has 1 fully saturated rings. The van der Waals surface area contributed by atoms with Crippen LogP contribution in [0.25, 0.3) is 0 Å². The Morgan fingerprint density at radius 1 is 1.00 bits per heavy atom. The van der Waals surface area contributed by atoms with Crippen molar-refractivity contribution >= 4 is 34.0 Å². The number of carbonyl (C=O) groups is 1. The van der Waals surface area contributed by atoms with Crippen LogP contribution in [0.15, 0.2) is 53.4 Å². The third-order valence-electron chi connectivity index (χ3n) is 4.37. The number of amides is 1. The monoisotopic (exact) mass is 425 g/mol. The number of hydrogen-bond acceptors (Lipinski definition) is 5. The predicted octanol–water partition coefficient (Wildman–Crippen LogP) is 1.57. The molecule has 0 spiro atoms. The minimum Gasteiger partial charge on any atom is -0.399 e. The number of rotatable bonds is 6. The van der Waals surface area contributed by atoms with Gasteiger partial charge >= 0.3 is 0 Å². The summed E-state index contributed by atoms with van der Waals surface area (Å²) in [5.41, 5.74) is 8.01. The molecule has 1 saturated heterocycles. The average Bonchev–Trinajstić information content (AvgIpc) is 2.69. The summed E-state index contributed by atoms with van der Waals surface area (Å²) in [6.07, 6.45) is 0.268. The maximum atomic E-state index is 12.6. The van der Waals surface area contributed by atoms with Crippen LogP contribution in [0, 0.1) is 0 Å². The van der Waals surface area contributed by atoms with E-state index in [9.17, 15) is 13.2 Å². The SMILES string of the molecule is Cl.Nc1ccc(CC(=O)NCc2ccc(S(=O)(=O)N3CCOCC3)cc2)cc1. The number of nitrogens with two attached hydrogens (primary N) is 1. The van der Waals surface area contributed by atoms with Gasteiger partial charge in [-0.3, -0.25) is 4.79 Å². The van der Waals surface area contributed by atoms with Crippen molar-refractivity contribution in [1.29, 1.82) is 0 Å². The van der Waals surface area contributed by atoms with Crippen LogP contribution in [-0.2, 0) is 32.5 Å². The molecular formula is C19H24ClN3O4S. The van der Waals surface area contributed by atoms with Crippen LogP contribution in [0.5, 0.6) is 0 Å². The van der Waals surface area contributed by atoms with Crippen LogP contribution in [-0.4, -0.2) is 44.9 Å². The van der Waals surface area contributed by atoms with E-state index in [1.807, 2.05) is 12.1 Å². The number of carbonyl (C=O) groups excluding carboxylic acids is 1. The van der Waals surface area contributed by atoms with Crippen molar-refractivity contribution in [3.8, 4) is 0 Å². The molecule has 3 N–H and O–H groups in total. The first-order valence-electron chi connectivity index (χ1n) is 8.73. The lowest BCUT2D eigenvalue weighted by Gasteiger charge is -2.26. The lowest BCUT2D eigenvalue weighted by Crippen LogP contribution is -2.40. The molecule has 3 rings (SSSR count). The molecule has 1 amide bonds. The largest absolute Gasteiger partial charge is 0.399 e. The Morgan fingerprint density at radius 2 is 1.57 bits per heavy atom. The fourth-order valence-corrected chi connectivity index (χ4v) is 4.21. The second-order valence-corrected chi connectivity index (χ2v) is 8.29. The second-order valence-electron chi connectivity index (χ2n) is 6.36. The van der Waals surface area contributed by atoms with E-state index in [0.29, 0.717) is 38.5 Å². The lowest BCUT2D eigenvalue weighted by atomic mass is 10.1. The second kappa shape index (κ2) is 9.88. The summed E-state index contributed by atoms with van der Waals surface area (Å²) in [6, 6.07) is 13.7. The van der Waals surface area contributed by atoms with Crippen LogP contribution in [0.1, 0.15) is 11.1 Å². The molecule has 1 heterocycles. The van der Waals surface area contributed by atoms with Gasteiger partial charge in [-0.25, -0.2) is 8.42 Å². The number of morpholine rings is 1. The molecule has 2 aromatic carbocycles. The molecule has 2 aromatic rings. The highest BCUT2D eigenvalue weighted by Gasteiger charge is 2.26. The molecule has 0 saturated carbocycles. The van der Waals surface area contributed by atoms with Crippen molar-refractivity contribution in [1.82, 2.24) is 9.62 Å². The third-order valence-corrected chi connectivity index (χ3v) is 6.28. The number of sulfonamides is 1. The van der Waals surface area contributed by atoms with Crippen molar-refractivity contribution in [2.24, 2.45) is 0 Å². The van der Waals surface area contributed by atoms with E-state index in [0.717, 1.165) is 11.1 Å². The van der Waals surface area contributed by atoms with Gasteiger partial charge in [-0.15, -0.1) is 12.4 Å². The van der Waals surface area contributed by atoms with Crippen LogP contribution in [0.2, 0.25) is 0 Å². The summed E-state index contributed by atoms with van der Waals surface area (Å²) in [6.45, 7) is 1.90. The smallest absolute Gasteiger partial charge is 0.243 e. The highest BCUT2D eigenvalue weighted by molar-refractivity contribution is 7.89. The zero-order valence-corrected chi connectivity index (χ0v) is 17.0. The Morgan fingerprint density at radius 3 is 2.18 bits per heavy atom. The zero-order chi connectivity index (χ0) is 19.3. The molecule has 0 aliphatic carbocycles. The Kier molecular flexibility index (Phi) is 7.82. The molecule has 0 aromatic heterocycles. The van der Waals surface area contributed by atoms with E-state index in [1.54, 1.807) is 36.4 Å². The molecule has 1 aliphatic heterocycles. The van der Waals surface area contributed by atoms with Crippen LogP contribution in [0.3, 0.4) is 0 Å². The quantitative estimate of drug-likeness (QED) is 0.684. The molecule has 0 unspecified atom stereocenters. The molecule has 7 nitrogen and oxygen atoms in total. The Labute approximate surface area is 171 Å². The average molecular weight is 426 g/mol. The summed E-state index contributed by atoms with van der Waals surface area (Å²) < 4.78 is 31.8. The zero-order valence-electron chi connectivity index (χ0n) is 15.3. The van der Waals surface area contributed by atoms with E-state index >= 15 is 0 Å². The van der Waals surface area contributed by atoms with Crippen molar-refractivity contribution < 1.29 is 17.9 Å². The van der Waals surface area contributed by atoms with E-state index < -0.39 is 10.0 Å². The molecule has 1 aliphatic rings. The van der Waals surface area contributed by atoms with E-state index in [4.69, 9.17) is 10.5 Å². The van der Waals surface area contributed by atoms with Crippen LogP contribution in [0.4, 0.5) is 5.69 Å². The minimum absolute atomic E-state index is 0. The normalized spacial score (nSPS) is 14.9. The predicted molar refractivity (Wildman–Crippen MR) is 110 cm³/mol. The van der Waals surface area contributed by atoms with Gasteiger partial charge < -0.3 is 15.8 Å². The molecule has 9 heteroatoms. The first-order chi connectivity index (χ1) is 12.9. The van der Waals surface area contributed by atoms with Gasteiger partial charge in [-0.1, -0.05) is 24.3 Å². The maximum absolute atomic E-state index is 12.6. The molecule has 152 valence electrons. The van der Waals surface area contributed by atoms with E-state index in [1.165, 1.54) is 4.31 Å². The first kappa shape index (κ1) is 22.2. The van der Waals surface area contributed by atoms with Gasteiger partial charge in [-0.2, -0.15) is 4.31 Å². The number of nitrogens with zero attached hydrogens (tertiary/aromatic N) is 1. The molecule has 0 radical (unpaired) electrons. The molecule has 0 atom stereocenters. The van der Waals surface area contributed by atoms with Gasteiger partial charge in [0, 0.05) is 25.3 Å². The maximum Gasteiger partial charge on any atom is 0.243 e. The molecule has 0 bridgehead atoms. The van der Waals surface area contributed by atoms with Gasteiger partial charge in [0.05, 0.1) is 24.5 Å². The van der Waals surface area contributed by atoms with Gasteiger partial charge in [0.25, 0.3) is 0 Å². The number of ether oxygens (including phenoxy) is 1. The number of hydrogen-bond donors (Lipinski definition) is 2. The van der Waals surface area contributed by atoms with E-state index in [2.05, 4.69) is 5.32 Å². The molecule has 28 heavy (non-hydrogen) atoms. The van der Waals surface area contributed by atoms with Crippen molar-refractivity contribution in [2.45, 2.75) is 17.9 Å². The van der Waals surface area contributed by atoms with Crippen LogP contribution < -0.4 is 11.1 Å². The minimum atomic E-state index is -3.50. The standard InChI is InChI=1S/C19H23N3O4S.ClH/c20-17-5-1-15(2-6-17)13-19(23)21-14-16-3-7-18(8-4-16)27(24,25)22-9-11-26-12-10-22;/h1-8H,9-14,20H2,(H,21,23);1H. The Hall–Kier alpha value is -2.13. The van der Waals surface area contributed by atoms with Gasteiger partial charge in [-0.05, 0) is 35.4 Å². The highest BCUT2D eigenvalue weighted by Crippen LogP contribution is 2.17. The van der Waals surface area contributed by atoms with Crippen LogP contribution >= 0.6 is 12.4 Å². The fourth-order valence-electron chi connectivity index (χ4n) is 2.80. The van der Waals surface area contributed by atoms with Crippen molar-refractivity contribution in [3.05, 3.63) is 59.7 Å². The van der Waals surface area contributed by atoms with Gasteiger partial charge in [0.15, 0.2) is 0 Å². The fraction of sp³-hybridized carbons (Fsp3) is 0.316. The Bertz CT molecular complexity index is 880. The summed E-state index contributed by atoms with van der Waals surface area (Å²) in [7, 11) is -3.50. The number of nitrogens with one attached hydrogen (secondary N) is 1. The van der Waals surface area contributed by atoms with Crippen molar-refractivity contribution in [2.75, 3.05) is 32.0 Å². The molecular weight excluding hydrogens is 402 g/mol. The number of nitrogen functional groups attached to an aromatic ring is 1. The summed E-state index contributed by atoms with van der Waals surface area (Å²) in [4.78, 5) is 12.3. The number of halogens is 1. The van der Waals surface area contributed by atoms with Gasteiger partial charge in [0.1, 0.15) is 0 Å². The summed E-state index contributed by atoms with van der Waals surface area (Å²) in [5.74, 6) is -0.107. The summed E-state index contributed by atoms with van der Waals surface area (Å²) >= 11 is 0. The highest BCUT2D eigenvalue weighted by atomic mass is 35.5.